The van der Waals surface area contributed by atoms with Crippen molar-refractivity contribution in [2.24, 2.45) is 5.10 Å². The molecule has 1 N–H and O–H groups in total. The lowest BCUT2D eigenvalue weighted by Gasteiger charge is -2.08. The van der Waals surface area contributed by atoms with Crippen LogP contribution < -0.4 is 10.2 Å². The second kappa shape index (κ2) is 8.91. The number of rotatable bonds is 6. The third-order valence-corrected chi connectivity index (χ3v) is 4.20. The summed E-state index contributed by atoms with van der Waals surface area (Å²) in [6.45, 7) is 0.259. The molecule has 3 aromatic rings. The second-order valence-corrected chi connectivity index (χ2v) is 6.17. The molecule has 0 amide bonds. The molecule has 150 valence electrons. The van der Waals surface area contributed by atoms with Gasteiger partial charge >= 0.3 is 0 Å². The zero-order valence-corrected chi connectivity index (χ0v) is 15.3. The van der Waals surface area contributed by atoms with Crippen LogP contribution in [0.5, 0.6) is 5.75 Å². The van der Waals surface area contributed by atoms with Crippen molar-refractivity contribution in [2.45, 2.75) is 6.61 Å². The van der Waals surface area contributed by atoms with Crippen LogP contribution in [-0.4, -0.2) is 6.21 Å². The van der Waals surface area contributed by atoms with E-state index in [0.29, 0.717) is 16.3 Å². The van der Waals surface area contributed by atoms with Crippen LogP contribution in [0.3, 0.4) is 0 Å². The van der Waals surface area contributed by atoms with E-state index in [-0.39, 0.29) is 6.61 Å². The Morgan fingerprint density at radius 2 is 1.41 bits per heavy atom. The molecule has 0 radical (unpaired) electrons. The summed E-state index contributed by atoms with van der Waals surface area (Å²) in [5.74, 6) is -9.80. The maximum Gasteiger partial charge on any atom is 0.200 e. The molecule has 9 heteroatoms. The van der Waals surface area contributed by atoms with Crippen LogP contribution in [0.2, 0.25) is 5.02 Å². The number of nitrogens with one attached hydrogen (secondary N) is 1. The zero-order chi connectivity index (χ0) is 21.0. The van der Waals surface area contributed by atoms with E-state index in [1.807, 2.05) is 17.6 Å². The summed E-state index contributed by atoms with van der Waals surface area (Å²) < 4.78 is 72.0. The van der Waals surface area contributed by atoms with Gasteiger partial charge in [-0.15, -0.1) is 0 Å². The molecule has 0 bridgehead atoms. The maximum atomic E-state index is 13.6. The lowest BCUT2D eigenvalue weighted by atomic mass is 10.2. The molecule has 3 nitrogen and oxygen atoms in total. The minimum atomic E-state index is -2.23. The normalized spacial score (nSPS) is 11.1. The molecule has 0 aromatic heterocycles. The predicted octanol–water partition coefficient (Wildman–Crippen LogP) is 6.06. The van der Waals surface area contributed by atoms with E-state index >= 15 is 0 Å². The average Bonchev–Trinajstić information content (AvgIpc) is 2.73. The van der Waals surface area contributed by atoms with Gasteiger partial charge in [-0.1, -0.05) is 29.8 Å². The monoisotopic (exact) mass is 426 g/mol. The smallest absolute Gasteiger partial charge is 0.200 e. The van der Waals surface area contributed by atoms with Gasteiger partial charge in [-0.05, 0) is 35.9 Å². The van der Waals surface area contributed by atoms with Crippen molar-refractivity contribution >= 4 is 23.5 Å². The van der Waals surface area contributed by atoms with Crippen molar-refractivity contribution < 1.29 is 26.7 Å². The van der Waals surface area contributed by atoms with Gasteiger partial charge in [0.1, 0.15) is 18.0 Å². The third-order valence-electron chi connectivity index (χ3n) is 3.83. The molecule has 0 heterocycles. The summed E-state index contributed by atoms with van der Waals surface area (Å²) in [7, 11) is 0. The standard InChI is InChI=1S/C20H12ClF5N2O/c21-14-4-2-1-3-12(14)10-29-13-7-5-11(6-8-13)9-27-28-20-18(25)16(23)15(22)17(24)19(20)26/h1-9,28H,10H2/b27-9+. The van der Waals surface area contributed by atoms with Gasteiger partial charge in [0.05, 0.1) is 6.21 Å². The highest BCUT2D eigenvalue weighted by Crippen LogP contribution is 2.27. The molecule has 29 heavy (non-hydrogen) atoms. The van der Waals surface area contributed by atoms with E-state index in [1.165, 1.54) is 0 Å². The number of halogens is 6. The van der Waals surface area contributed by atoms with Gasteiger partial charge in [0.25, 0.3) is 0 Å². The highest BCUT2D eigenvalue weighted by Gasteiger charge is 2.25. The van der Waals surface area contributed by atoms with E-state index in [2.05, 4.69) is 5.10 Å². The molecule has 0 saturated carbocycles. The first kappa shape index (κ1) is 20.6. The van der Waals surface area contributed by atoms with Crippen molar-refractivity contribution in [3.8, 4) is 5.75 Å². The number of benzene rings is 3. The predicted molar refractivity (Wildman–Crippen MR) is 99.7 cm³/mol. The zero-order valence-electron chi connectivity index (χ0n) is 14.5. The molecule has 0 fully saturated rings. The number of hydrogen-bond donors (Lipinski definition) is 1. The quantitative estimate of drug-likeness (QED) is 0.171. The van der Waals surface area contributed by atoms with E-state index in [0.717, 1.165) is 11.8 Å². The van der Waals surface area contributed by atoms with Gasteiger partial charge in [0, 0.05) is 10.6 Å². The summed E-state index contributed by atoms with van der Waals surface area (Å²) in [6, 6.07) is 13.6. The van der Waals surface area contributed by atoms with Crippen molar-refractivity contribution in [3.05, 3.63) is 93.8 Å². The Hall–Kier alpha value is -3.13. The summed E-state index contributed by atoms with van der Waals surface area (Å²) in [6.07, 6.45) is 1.15. The Balaban J connectivity index is 1.65. The average molecular weight is 427 g/mol. The van der Waals surface area contributed by atoms with Crippen molar-refractivity contribution in [1.82, 2.24) is 0 Å². The lowest BCUT2D eigenvalue weighted by Crippen LogP contribution is -2.06. The van der Waals surface area contributed by atoms with Crippen LogP contribution in [0.15, 0.2) is 53.6 Å². The molecular formula is C20H12ClF5N2O. The fourth-order valence-corrected chi connectivity index (χ4v) is 2.49. The van der Waals surface area contributed by atoms with Gasteiger partial charge < -0.3 is 4.74 Å². The van der Waals surface area contributed by atoms with Crippen LogP contribution in [-0.2, 0) is 6.61 Å². The lowest BCUT2D eigenvalue weighted by molar-refractivity contribution is 0.306. The van der Waals surface area contributed by atoms with E-state index < -0.39 is 34.8 Å². The Morgan fingerprint density at radius 1 is 0.828 bits per heavy atom. The first-order chi connectivity index (χ1) is 13.9. The van der Waals surface area contributed by atoms with E-state index in [9.17, 15) is 22.0 Å². The molecule has 0 unspecified atom stereocenters. The van der Waals surface area contributed by atoms with Gasteiger partial charge in [0.15, 0.2) is 23.3 Å². The highest BCUT2D eigenvalue weighted by atomic mass is 35.5. The van der Waals surface area contributed by atoms with Gasteiger partial charge in [-0.25, -0.2) is 22.0 Å². The highest BCUT2D eigenvalue weighted by molar-refractivity contribution is 6.31. The minimum absolute atomic E-state index is 0.259. The van der Waals surface area contributed by atoms with Crippen LogP contribution in [0.4, 0.5) is 27.6 Å². The molecule has 3 aromatic carbocycles. The summed E-state index contributed by atoms with van der Waals surface area (Å²) in [4.78, 5) is 0. The van der Waals surface area contributed by atoms with E-state index in [4.69, 9.17) is 16.3 Å². The molecule has 0 atom stereocenters. The molecule has 0 spiro atoms. The Kier molecular flexibility index (Phi) is 6.33. The fourth-order valence-electron chi connectivity index (χ4n) is 2.30. The molecule has 3 rings (SSSR count). The molecular weight excluding hydrogens is 415 g/mol. The molecule has 0 aliphatic carbocycles. The SMILES string of the molecule is Fc1c(F)c(F)c(N/N=C/c2ccc(OCc3ccccc3Cl)cc2)c(F)c1F. The van der Waals surface area contributed by atoms with Crippen molar-refractivity contribution in [3.63, 3.8) is 0 Å². The van der Waals surface area contributed by atoms with Gasteiger partial charge in [-0.3, -0.25) is 5.43 Å². The molecule has 0 aliphatic rings. The second-order valence-electron chi connectivity index (χ2n) is 5.76. The fraction of sp³-hybridized carbons (Fsp3) is 0.0500. The van der Waals surface area contributed by atoms with Crippen molar-refractivity contribution in [2.75, 3.05) is 5.43 Å². The number of hydrazone groups is 1. The molecule has 0 aliphatic heterocycles. The minimum Gasteiger partial charge on any atom is -0.489 e. The number of hydrogen-bond acceptors (Lipinski definition) is 3. The van der Waals surface area contributed by atoms with Crippen LogP contribution in [0.1, 0.15) is 11.1 Å². The number of nitrogens with zero attached hydrogens (tertiary/aromatic N) is 1. The van der Waals surface area contributed by atoms with Crippen LogP contribution >= 0.6 is 11.6 Å². The van der Waals surface area contributed by atoms with E-state index in [1.54, 1.807) is 36.4 Å². The Bertz CT molecular complexity index is 1030. The number of ether oxygens (including phenoxy) is 1. The van der Waals surface area contributed by atoms with Gasteiger partial charge in [0.2, 0.25) is 5.82 Å². The Morgan fingerprint density at radius 3 is 2.03 bits per heavy atom. The summed E-state index contributed by atoms with van der Waals surface area (Å²) in [5, 5.41) is 4.09. The first-order valence-electron chi connectivity index (χ1n) is 8.15. The first-order valence-corrected chi connectivity index (χ1v) is 8.53. The van der Waals surface area contributed by atoms with Gasteiger partial charge in [-0.2, -0.15) is 5.10 Å². The third kappa shape index (κ3) is 4.65. The van der Waals surface area contributed by atoms with Crippen molar-refractivity contribution in [1.29, 1.82) is 0 Å². The summed E-state index contributed by atoms with van der Waals surface area (Å²) in [5.41, 5.74) is 1.90. The topological polar surface area (TPSA) is 33.6 Å². The number of anilines is 1. The summed E-state index contributed by atoms with van der Waals surface area (Å²) >= 11 is 6.05. The Labute approximate surface area is 167 Å². The largest absolute Gasteiger partial charge is 0.489 e. The maximum absolute atomic E-state index is 13.6. The van der Waals surface area contributed by atoms with Crippen LogP contribution in [0.25, 0.3) is 0 Å². The van der Waals surface area contributed by atoms with Crippen LogP contribution in [0, 0.1) is 29.1 Å². The molecule has 0 saturated heterocycles.